The molecule has 1 aromatic heterocycles. The lowest BCUT2D eigenvalue weighted by atomic mass is 10.2. The molecule has 1 saturated heterocycles. The van der Waals surface area contributed by atoms with Crippen LogP contribution in [0.3, 0.4) is 0 Å². The molecule has 6 heteroatoms. The van der Waals surface area contributed by atoms with E-state index in [-0.39, 0.29) is 11.2 Å². The number of amides is 1. The van der Waals surface area contributed by atoms with Crippen LogP contribution in [0.4, 0.5) is 5.69 Å². The van der Waals surface area contributed by atoms with Crippen LogP contribution >= 0.6 is 24.2 Å². The number of anilines is 1. The van der Waals surface area contributed by atoms with Gasteiger partial charge in [-0.3, -0.25) is 4.79 Å². The number of nitrogens with zero attached hydrogens (tertiary/aromatic N) is 3. The maximum absolute atomic E-state index is 12.0. The quantitative estimate of drug-likeness (QED) is 0.864. The highest BCUT2D eigenvalue weighted by Gasteiger charge is 2.30. The monoisotopic (exact) mass is 293 g/mol. The number of hydrogen-bond donors (Lipinski definition) is 1. The summed E-state index contributed by atoms with van der Waals surface area (Å²) < 4.78 is 1.82. The molecule has 19 heavy (non-hydrogen) atoms. The van der Waals surface area contributed by atoms with E-state index in [1.54, 1.807) is 23.5 Å². The topological polar surface area (TPSA) is 38.1 Å². The van der Waals surface area contributed by atoms with Gasteiger partial charge in [0, 0.05) is 30.6 Å². The predicted molar refractivity (Wildman–Crippen MR) is 78.3 cm³/mol. The average Bonchev–Trinajstić information content (AvgIpc) is 2.98. The Labute approximate surface area is 121 Å². The number of thiol groups is 1. The third-order valence-corrected chi connectivity index (χ3v) is 3.77. The van der Waals surface area contributed by atoms with Crippen LogP contribution in [0.25, 0.3) is 5.69 Å². The van der Waals surface area contributed by atoms with Crippen LogP contribution in [0, 0.1) is 0 Å². The molecule has 98 valence electrons. The zero-order valence-corrected chi connectivity index (χ0v) is 11.7. The standard InChI is InChI=1S/C13H12ClN3OS/c14-10-2-1-3-11(13(10)16-5-4-15-8-16)17-7-9(19)6-12(17)18/h1-5,8-9,19H,6-7H2. The molecule has 1 amide bonds. The molecule has 1 unspecified atom stereocenters. The minimum atomic E-state index is 0.0714. The molecule has 2 aromatic rings. The zero-order chi connectivity index (χ0) is 13.4. The van der Waals surface area contributed by atoms with Gasteiger partial charge in [0.2, 0.25) is 5.91 Å². The highest BCUT2D eigenvalue weighted by Crippen LogP contribution is 2.34. The molecule has 0 aliphatic carbocycles. The fourth-order valence-corrected chi connectivity index (χ4v) is 2.88. The maximum atomic E-state index is 12.0. The summed E-state index contributed by atoms with van der Waals surface area (Å²) in [7, 11) is 0. The second-order valence-electron chi connectivity index (χ2n) is 4.44. The fourth-order valence-electron chi connectivity index (χ4n) is 2.29. The minimum absolute atomic E-state index is 0.0714. The zero-order valence-electron chi connectivity index (χ0n) is 10.0. The molecule has 0 saturated carbocycles. The Hall–Kier alpha value is -1.46. The average molecular weight is 294 g/mol. The van der Waals surface area contributed by atoms with Crippen LogP contribution < -0.4 is 4.90 Å². The Morgan fingerprint density at radius 1 is 1.42 bits per heavy atom. The second-order valence-corrected chi connectivity index (χ2v) is 5.58. The van der Waals surface area contributed by atoms with E-state index in [4.69, 9.17) is 11.6 Å². The van der Waals surface area contributed by atoms with Crippen molar-refractivity contribution in [2.45, 2.75) is 11.7 Å². The van der Waals surface area contributed by atoms with Crippen molar-refractivity contribution in [2.24, 2.45) is 0 Å². The Kier molecular flexibility index (Phi) is 3.24. The smallest absolute Gasteiger partial charge is 0.228 e. The Morgan fingerprint density at radius 3 is 2.89 bits per heavy atom. The molecule has 3 rings (SSSR count). The molecule has 1 aromatic carbocycles. The van der Waals surface area contributed by atoms with Crippen molar-refractivity contribution < 1.29 is 4.79 Å². The highest BCUT2D eigenvalue weighted by molar-refractivity contribution is 7.81. The number of para-hydroxylation sites is 1. The number of aromatic nitrogens is 2. The largest absolute Gasteiger partial charge is 0.309 e. The molecule has 4 nitrogen and oxygen atoms in total. The maximum Gasteiger partial charge on any atom is 0.228 e. The molecule has 0 bridgehead atoms. The van der Waals surface area contributed by atoms with Gasteiger partial charge in [-0.2, -0.15) is 12.6 Å². The van der Waals surface area contributed by atoms with Crippen LogP contribution in [0.1, 0.15) is 6.42 Å². The van der Waals surface area contributed by atoms with Gasteiger partial charge in [-0.25, -0.2) is 4.98 Å². The fraction of sp³-hybridized carbons (Fsp3) is 0.231. The normalized spacial score (nSPS) is 19.2. The van der Waals surface area contributed by atoms with Gasteiger partial charge in [0.15, 0.2) is 0 Å². The van der Waals surface area contributed by atoms with E-state index in [1.165, 1.54) is 0 Å². The number of hydrogen-bond acceptors (Lipinski definition) is 3. The van der Waals surface area contributed by atoms with E-state index in [1.807, 2.05) is 22.9 Å². The summed E-state index contributed by atoms with van der Waals surface area (Å²) in [5, 5.41) is 0.660. The molecule has 0 radical (unpaired) electrons. The van der Waals surface area contributed by atoms with Gasteiger partial charge < -0.3 is 9.47 Å². The Bertz CT molecular complexity index is 614. The van der Waals surface area contributed by atoms with E-state index in [0.717, 1.165) is 11.4 Å². The number of carbonyl (C=O) groups excluding carboxylic acids is 1. The number of imidazole rings is 1. The Morgan fingerprint density at radius 2 is 2.26 bits per heavy atom. The van der Waals surface area contributed by atoms with Gasteiger partial charge in [-0.1, -0.05) is 17.7 Å². The van der Waals surface area contributed by atoms with E-state index < -0.39 is 0 Å². The molecule has 1 atom stereocenters. The first-order valence-corrected chi connectivity index (χ1v) is 6.81. The van der Waals surface area contributed by atoms with Crippen LogP contribution in [0.2, 0.25) is 5.02 Å². The summed E-state index contributed by atoms with van der Waals surface area (Å²) in [6, 6.07) is 5.54. The van der Waals surface area contributed by atoms with Crippen molar-refractivity contribution in [3.05, 3.63) is 41.9 Å². The van der Waals surface area contributed by atoms with Gasteiger partial charge in [0.25, 0.3) is 0 Å². The first-order valence-electron chi connectivity index (χ1n) is 5.92. The van der Waals surface area contributed by atoms with Crippen LogP contribution in [-0.4, -0.2) is 27.3 Å². The third kappa shape index (κ3) is 2.24. The lowest BCUT2D eigenvalue weighted by molar-refractivity contribution is -0.117. The van der Waals surface area contributed by atoms with Crippen molar-refractivity contribution in [3.63, 3.8) is 0 Å². The summed E-state index contributed by atoms with van der Waals surface area (Å²) in [5.74, 6) is 0.0728. The van der Waals surface area contributed by atoms with Gasteiger partial charge in [-0.15, -0.1) is 0 Å². The number of rotatable bonds is 2. The number of carbonyl (C=O) groups is 1. The predicted octanol–water partition coefficient (Wildman–Crippen LogP) is 2.56. The summed E-state index contributed by atoms with van der Waals surface area (Å²) in [6.45, 7) is 0.601. The van der Waals surface area contributed by atoms with Gasteiger partial charge in [-0.05, 0) is 12.1 Å². The molecular weight excluding hydrogens is 282 g/mol. The molecule has 0 spiro atoms. The Balaban J connectivity index is 2.12. The molecule has 1 aliphatic heterocycles. The lowest BCUT2D eigenvalue weighted by Gasteiger charge is -2.21. The number of benzene rings is 1. The van der Waals surface area contributed by atoms with Gasteiger partial charge >= 0.3 is 0 Å². The highest BCUT2D eigenvalue weighted by atomic mass is 35.5. The van der Waals surface area contributed by atoms with Crippen molar-refractivity contribution in [2.75, 3.05) is 11.4 Å². The second kappa shape index (κ2) is 4.90. The van der Waals surface area contributed by atoms with Crippen LogP contribution in [0.5, 0.6) is 0 Å². The summed E-state index contributed by atoms with van der Waals surface area (Å²) in [5.41, 5.74) is 1.57. The van der Waals surface area contributed by atoms with Crippen LogP contribution in [-0.2, 0) is 4.79 Å². The number of halogens is 1. The van der Waals surface area contributed by atoms with Crippen molar-refractivity contribution in [1.29, 1.82) is 0 Å². The molecular formula is C13H12ClN3OS. The van der Waals surface area contributed by atoms with Gasteiger partial charge in [0.05, 0.1) is 22.7 Å². The van der Waals surface area contributed by atoms with E-state index in [9.17, 15) is 4.79 Å². The molecule has 2 heterocycles. The molecule has 1 aliphatic rings. The van der Waals surface area contributed by atoms with Crippen molar-refractivity contribution in [1.82, 2.24) is 9.55 Å². The SMILES string of the molecule is O=C1CC(S)CN1c1cccc(Cl)c1-n1ccnc1. The summed E-state index contributed by atoms with van der Waals surface area (Å²) in [6.07, 6.45) is 5.62. The molecule has 0 N–H and O–H groups in total. The van der Waals surface area contributed by atoms with E-state index in [0.29, 0.717) is 18.0 Å². The van der Waals surface area contributed by atoms with Crippen molar-refractivity contribution >= 4 is 35.8 Å². The minimum Gasteiger partial charge on any atom is -0.309 e. The molecule has 1 fully saturated rings. The summed E-state index contributed by atoms with van der Waals surface area (Å²) in [4.78, 5) is 17.8. The summed E-state index contributed by atoms with van der Waals surface area (Å²) >= 11 is 10.7. The van der Waals surface area contributed by atoms with Crippen LogP contribution in [0.15, 0.2) is 36.9 Å². The van der Waals surface area contributed by atoms with Crippen molar-refractivity contribution in [3.8, 4) is 5.69 Å². The first kappa shape index (κ1) is 12.6. The van der Waals surface area contributed by atoms with E-state index >= 15 is 0 Å². The van der Waals surface area contributed by atoms with Gasteiger partial charge in [0.1, 0.15) is 0 Å². The first-order chi connectivity index (χ1) is 9.16. The lowest BCUT2D eigenvalue weighted by Crippen LogP contribution is -2.26. The van der Waals surface area contributed by atoms with E-state index in [2.05, 4.69) is 17.6 Å². The third-order valence-electron chi connectivity index (χ3n) is 3.12.